The standard InChI is InChI=1S/C19H26N4O4S/c1-3-19(10-8-14(24)9-11-19)23-12-16(17(20)25)18(22-23)21-13-4-6-15(7-5-13)28(2,26)27/h4-7,12,14,24H,3,8-11H2,1-2H3,(H2,20,25)(H,21,22). The topological polar surface area (TPSA) is 127 Å². The molecule has 0 aliphatic heterocycles. The monoisotopic (exact) mass is 406 g/mol. The number of primary amides is 1. The number of hydrogen-bond donors (Lipinski definition) is 3. The Hall–Kier alpha value is -2.39. The number of carbonyl (C=O) groups is 1. The molecule has 1 saturated carbocycles. The van der Waals surface area contributed by atoms with E-state index in [4.69, 9.17) is 5.73 Å². The molecule has 152 valence electrons. The number of nitrogens with one attached hydrogen (secondary N) is 1. The van der Waals surface area contributed by atoms with Gasteiger partial charge in [0.15, 0.2) is 15.7 Å². The average Bonchev–Trinajstić information content (AvgIpc) is 3.07. The van der Waals surface area contributed by atoms with Gasteiger partial charge in [-0.25, -0.2) is 8.42 Å². The number of sulfone groups is 1. The summed E-state index contributed by atoms with van der Waals surface area (Å²) in [7, 11) is -3.28. The Bertz CT molecular complexity index is 958. The van der Waals surface area contributed by atoms with Crippen molar-refractivity contribution in [1.29, 1.82) is 0 Å². The molecule has 1 fully saturated rings. The average molecular weight is 407 g/mol. The number of anilines is 2. The maximum absolute atomic E-state index is 11.9. The molecule has 8 nitrogen and oxygen atoms in total. The van der Waals surface area contributed by atoms with E-state index in [1.54, 1.807) is 23.0 Å². The Balaban J connectivity index is 1.92. The molecule has 0 atom stereocenters. The molecular weight excluding hydrogens is 380 g/mol. The number of nitrogens with two attached hydrogens (primary N) is 1. The van der Waals surface area contributed by atoms with Crippen molar-refractivity contribution >= 4 is 27.2 Å². The third kappa shape index (κ3) is 4.05. The minimum absolute atomic E-state index is 0.212. The van der Waals surface area contributed by atoms with Gasteiger partial charge >= 0.3 is 0 Å². The molecule has 1 aliphatic rings. The predicted octanol–water partition coefficient (Wildman–Crippen LogP) is 2.17. The van der Waals surface area contributed by atoms with Crippen molar-refractivity contribution in [2.45, 2.75) is 55.6 Å². The van der Waals surface area contributed by atoms with Crippen LogP contribution in [0.3, 0.4) is 0 Å². The summed E-state index contributed by atoms with van der Waals surface area (Å²) < 4.78 is 25.0. The van der Waals surface area contributed by atoms with Gasteiger partial charge in [0.1, 0.15) is 5.56 Å². The lowest BCUT2D eigenvalue weighted by atomic mass is 9.78. The van der Waals surface area contributed by atoms with Crippen LogP contribution in [0.15, 0.2) is 35.4 Å². The van der Waals surface area contributed by atoms with Crippen LogP contribution in [0.2, 0.25) is 0 Å². The Labute approximate surface area is 164 Å². The fourth-order valence-corrected chi connectivity index (χ4v) is 4.33. The van der Waals surface area contributed by atoms with E-state index in [2.05, 4.69) is 17.3 Å². The molecule has 2 aromatic rings. The summed E-state index contributed by atoms with van der Waals surface area (Å²) in [6, 6.07) is 6.22. The van der Waals surface area contributed by atoms with Gasteiger partial charge in [0, 0.05) is 18.1 Å². The first-order valence-electron chi connectivity index (χ1n) is 9.30. The fraction of sp³-hybridized carbons (Fsp3) is 0.474. The van der Waals surface area contributed by atoms with Crippen LogP contribution in [0.25, 0.3) is 0 Å². The van der Waals surface area contributed by atoms with E-state index in [1.807, 2.05) is 0 Å². The summed E-state index contributed by atoms with van der Waals surface area (Å²) in [6.07, 6.45) is 6.26. The zero-order chi connectivity index (χ0) is 20.5. The number of aliphatic hydroxyl groups excluding tert-OH is 1. The van der Waals surface area contributed by atoms with Crippen LogP contribution in [0, 0.1) is 0 Å². The highest BCUT2D eigenvalue weighted by Crippen LogP contribution is 2.38. The number of hydrogen-bond acceptors (Lipinski definition) is 6. The van der Waals surface area contributed by atoms with Crippen LogP contribution >= 0.6 is 0 Å². The van der Waals surface area contributed by atoms with Crippen LogP contribution in [0.5, 0.6) is 0 Å². The van der Waals surface area contributed by atoms with E-state index in [9.17, 15) is 18.3 Å². The Kier molecular flexibility index (Phi) is 5.49. The first-order valence-corrected chi connectivity index (χ1v) is 11.2. The molecule has 0 radical (unpaired) electrons. The number of benzene rings is 1. The molecule has 1 aromatic heterocycles. The molecule has 3 rings (SSSR count). The van der Waals surface area contributed by atoms with Crippen molar-refractivity contribution in [3.63, 3.8) is 0 Å². The summed E-state index contributed by atoms with van der Waals surface area (Å²) in [5.74, 6) is -0.262. The fourth-order valence-electron chi connectivity index (χ4n) is 3.70. The van der Waals surface area contributed by atoms with Gasteiger partial charge in [0.2, 0.25) is 0 Å². The smallest absolute Gasteiger partial charge is 0.254 e. The maximum atomic E-state index is 11.9. The second-order valence-corrected chi connectivity index (χ2v) is 9.45. The van der Waals surface area contributed by atoms with Gasteiger partial charge in [-0.3, -0.25) is 9.48 Å². The molecule has 0 saturated heterocycles. The quantitative estimate of drug-likeness (QED) is 0.675. The largest absolute Gasteiger partial charge is 0.393 e. The molecule has 9 heteroatoms. The van der Waals surface area contributed by atoms with Crippen LogP contribution in [0.1, 0.15) is 49.4 Å². The van der Waals surface area contributed by atoms with Crippen molar-refractivity contribution in [3.8, 4) is 0 Å². The van der Waals surface area contributed by atoms with Crippen molar-refractivity contribution in [2.24, 2.45) is 5.73 Å². The summed E-state index contributed by atoms with van der Waals surface area (Å²) in [5, 5.41) is 17.5. The molecule has 28 heavy (non-hydrogen) atoms. The summed E-state index contributed by atoms with van der Waals surface area (Å²) in [4.78, 5) is 12.2. The second-order valence-electron chi connectivity index (χ2n) is 7.43. The van der Waals surface area contributed by atoms with E-state index in [0.717, 1.165) is 25.5 Å². The molecule has 0 bridgehead atoms. The van der Waals surface area contributed by atoms with E-state index >= 15 is 0 Å². The van der Waals surface area contributed by atoms with Gasteiger partial charge in [-0.15, -0.1) is 0 Å². The molecule has 0 spiro atoms. The van der Waals surface area contributed by atoms with Crippen molar-refractivity contribution in [1.82, 2.24) is 9.78 Å². The van der Waals surface area contributed by atoms with Crippen LogP contribution < -0.4 is 11.1 Å². The van der Waals surface area contributed by atoms with Gasteiger partial charge in [-0.05, 0) is 56.4 Å². The summed E-state index contributed by atoms with van der Waals surface area (Å²) in [6.45, 7) is 2.07. The van der Waals surface area contributed by atoms with Crippen molar-refractivity contribution < 1.29 is 18.3 Å². The molecule has 1 amide bonds. The first kappa shape index (κ1) is 20.3. The van der Waals surface area contributed by atoms with Gasteiger partial charge in [0.05, 0.1) is 16.5 Å². The van der Waals surface area contributed by atoms with Crippen LogP contribution in [-0.2, 0) is 15.4 Å². The Morgan fingerprint density at radius 1 is 1.32 bits per heavy atom. The number of carbonyl (C=O) groups excluding carboxylic acids is 1. The number of nitrogens with zero attached hydrogens (tertiary/aromatic N) is 2. The third-order valence-electron chi connectivity index (χ3n) is 5.55. The molecule has 1 aliphatic carbocycles. The lowest BCUT2D eigenvalue weighted by Gasteiger charge is -2.38. The number of aliphatic hydroxyl groups is 1. The predicted molar refractivity (Wildman–Crippen MR) is 106 cm³/mol. The molecule has 0 unspecified atom stereocenters. The second kappa shape index (κ2) is 7.56. The Morgan fingerprint density at radius 3 is 2.43 bits per heavy atom. The van der Waals surface area contributed by atoms with Crippen molar-refractivity contribution in [2.75, 3.05) is 11.6 Å². The third-order valence-corrected chi connectivity index (χ3v) is 6.68. The van der Waals surface area contributed by atoms with E-state index in [1.165, 1.54) is 12.1 Å². The normalized spacial score (nSPS) is 22.8. The lowest BCUT2D eigenvalue weighted by molar-refractivity contribution is 0.0588. The van der Waals surface area contributed by atoms with Crippen LogP contribution in [0.4, 0.5) is 11.5 Å². The number of aromatic nitrogens is 2. The van der Waals surface area contributed by atoms with Gasteiger partial charge in [0.25, 0.3) is 5.91 Å². The van der Waals surface area contributed by atoms with E-state index < -0.39 is 15.7 Å². The highest BCUT2D eigenvalue weighted by molar-refractivity contribution is 7.90. The Morgan fingerprint density at radius 2 is 1.93 bits per heavy atom. The number of amides is 1. The highest BCUT2D eigenvalue weighted by atomic mass is 32.2. The number of rotatable bonds is 6. The van der Waals surface area contributed by atoms with E-state index in [0.29, 0.717) is 24.3 Å². The zero-order valence-corrected chi connectivity index (χ0v) is 16.9. The van der Waals surface area contributed by atoms with Gasteiger partial charge in [-0.2, -0.15) is 5.10 Å². The molecular formula is C19H26N4O4S. The maximum Gasteiger partial charge on any atom is 0.254 e. The SMILES string of the molecule is CCC1(n2cc(C(N)=O)c(Nc3ccc(S(C)(=O)=O)cc3)n2)CCC(O)CC1. The molecule has 1 heterocycles. The zero-order valence-electron chi connectivity index (χ0n) is 16.1. The van der Waals surface area contributed by atoms with E-state index in [-0.39, 0.29) is 22.1 Å². The summed E-state index contributed by atoms with van der Waals surface area (Å²) >= 11 is 0. The molecule has 4 N–H and O–H groups in total. The van der Waals surface area contributed by atoms with Crippen molar-refractivity contribution in [3.05, 3.63) is 36.0 Å². The van der Waals surface area contributed by atoms with Gasteiger partial charge in [-0.1, -0.05) is 6.92 Å². The summed E-state index contributed by atoms with van der Waals surface area (Å²) in [5.41, 5.74) is 6.16. The minimum Gasteiger partial charge on any atom is -0.393 e. The molecule has 1 aromatic carbocycles. The van der Waals surface area contributed by atoms with Gasteiger partial charge < -0.3 is 16.2 Å². The highest BCUT2D eigenvalue weighted by Gasteiger charge is 2.36. The lowest BCUT2D eigenvalue weighted by Crippen LogP contribution is -2.39. The minimum atomic E-state index is -3.28. The first-order chi connectivity index (χ1) is 13.1. The van der Waals surface area contributed by atoms with Crippen LogP contribution in [-0.4, -0.2) is 41.6 Å².